The maximum atomic E-state index is 11.7. The Morgan fingerprint density at radius 3 is 2.67 bits per heavy atom. The zero-order valence-electron chi connectivity index (χ0n) is 15.4. The number of piperidine rings is 1. The summed E-state index contributed by atoms with van der Waals surface area (Å²) >= 11 is 0. The molecule has 0 spiro atoms. The number of benzene rings is 1. The van der Waals surface area contributed by atoms with Crippen LogP contribution in [0.4, 0.5) is 0 Å². The average Bonchev–Trinajstić information content (AvgIpc) is 2.59. The number of nitrogens with one attached hydrogen (secondary N) is 1. The van der Waals surface area contributed by atoms with E-state index in [2.05, 4.69) is 26.0 Å². The highest BCUT2D eigenvalue weighted by molar-refractivity contribution is 5.72. The lowest BCUT2D eigenvalue weighted by molar-refractivity contribution is -0.906. The van der Waals surface area contributed by atoms with E-state index in [1.54, 1.807) is 4.90 Å². The molecule has 1 aliphatic heterocycles. The Balaban J connectivity index is 1.59. The summed E-state index contributed by atoms with van der Waals surface area (Å²) in [6, 6.07) is 6.22. The monoisotopic (exact) mass is 334 g/mol. The molecule has 0 radical (unpaired) electrons. The molecular weight excluding hydrogens is 302 g/mol. The molecule has 0 atom stereocenters. The molecule has 1 fully saturated rings. The van der Waals surface area contributed by atoms with Crippen molar-refractivity contribution in [2.24, 2.45) is 5.92 Å². The van der Waals surface area contributed by atoms with Crippen LogP contribution in [-0.2, 0) is 9.53 Å². The van der Waals surface area contributed by atoms with Crippen molar-refractivity contribution in [3.8, 4) is 5.75 Å². The van der Waals surface area contributed by atoms with Gasteiger partial charge in [-0.15, -0.1) is 0 Å². The van der Waals surface area contributed by atoms with E-state index < -0.39 is 0 Å². The number of hydrogen-bond donors (Lipinski definition) is 1. The second-order valence-electron chi connectivity index (χ2n) is 6.78. The van der Waals surface area contributed by atoms with Crippen LogP contribution >= 0.6 is 0 Å². The molecule has 0 bridgehead atoms. The van der Waals surface area contributed by atoms with Crippen LogP contribution < -0.4 is 9.64 Å². The van der Waals surface area contributed by atoms with Gasteiger partial charge in [-0.3, -0.25) is 4.79 Å². The summed E-state index contributed by atoms with van der Waals surface area (Å²) in [5.74, 6) is 1.14. The molecule has 1 saturated heterocycles. The zero-order valence-corrected chi connectivity index (χ0v) is 15.4. The number of carbonyl (C=O) groups is 1. The van der Waals surface area contributed by atoms with Crippen LogP contribution in [-0.4, -0.2) is 38.8 Å². The highest BCUT2D eigenvalue weighted by Gasteiger charge is 2.27. The van der Waals surface area contributed by atoms with Gasteiger partial charge in [-0.05, 0) is 50.8 Å². The Bertz CT molecular complexity index is 522. The predicted molar refractivity (Wildman–Crippen MR) is 95.6 cm³/mol. The van der Waals surface area contributed by atoms with Gasteiger partial charge in [0.25, 0.3) is 0 Å². The van der Waals surface area contributed by atoms with Crippen LogP contribution in [0.25, 0.3) is 0 Å². The SMILES string of the molecule is CCOC(=O)C1CC[NH+](CCCCOc2cccc(C)c2C)CC1. The fourth-order valence-corrected chi connectivity index (χ4v) is 3.31. The van der Waals surface area contributed by atoms with Crippen LogP contribution in [0.15, 0.2) is 18.2 Å². The second-order valence-corrected chi connectivity index (χ2v) is 6.78. The molecule has 1 N–H and O–H groups in total. The molecule has 1 aromatic rings. The summed E-state index contributed by atoms with van der Waals surface area (Å²) in [5, 5.41) is 0. The number of unbranched alkanes of at least 4 members (excludes halogenated alkanes) is 1. The minimum absolute atomic E-state index is 0.00141. The van der Waals surface area contributed by atoms with Crippen molar-refractivity contribution >= 4 is 5.97 Å². The van der Waals surface area contributed by atoms with Crippen LogP contribution in [0.5, 0.6) is 5.75 Å². The van der Waals surface area contributed by atoms with Gasteiger partial charge in [0.2, 0.25) is 0 Å². The first-order valence-corrected chi connectivity index (χ1v) is 9.31. The topological polar surface area (TPSA) is 40.0 Å². The third-order valence-electron chi connectivity index (χ3n) is 5.05. The Hall–Kier alpha value is -1.55. The normalized spacial score (nSPS) is 20.6. The molecule has 4 heteroatoms. The van der Waals surface area contributed by atoms with Gasteiger partial charge in [0.15, 0.2) is 0 Å². The van der Waals surface area contributed by atoms with Crippen molar-refractivity contribution in [3.05, 3.63) is 29.3 Å². The molecule has 134 valence electrons. The van der Waals surface area contributed by atoms with E-state index in [4.69, 9.17) is 9.47 Å². The lowest BCUT2D eigenvalue weighted by Crippen LogP contribution is -3.13. The molecular formula is C20H32NO3+. The first-order chi connectivity index (χ1) is 11.6. The molecule has 24 heavy (non-hydrogen) atoms. The third-order valence-corrected chi connectivity index (χ3v) is 5.05. The minimum Gasteiger partial charge on any atom is -0.493 e. The Kier molecular flexibility index (Phi) is 7.57. The molecule has 2 rings (SSSR count). The number of aryl methyl sites for hydroxylation is 1. The van der Waals surface area contributed by atoms with E-state index in [0.717, 1.165) is 44.7 Å². The van der Waals surface area contributed by atoms with Crippen LogP contribution in [0, 0.1) is 19.8 Å². The maximum absolute atomic E-state index is 11.7. The molecule has 0 aromatic heterocycles. The van der Waals surface area contributed by atoms with Crippen molar-refractivity contribution in [2.75, 3.05) is 32.8 Å². The number of rotatable bonds is 8. The van der Waals surface area contributed by atoms with Gasteiger partial charge in [0.05, 0.1) is 38.8 Å². The van der Waals surface area contributed by atoms with Gasteiger partial charge in [-0.25, -0.2) is 0 Å². The minimum atomic E-state index is -0.00141. The van der Waals surface area contributed by atoms with E-state index >= 15 is 0 Å². The van der Waals surface area contributed by atoms with Gasteiger partial charge in [-0.1, -0.05) is 12.1 Å². The van der Waals surface area contributed by atoms with E-state index in [1.165, 1.54) is 24.1 Å². The number of esters is 1. The van der Waals surface area contributed by atoms with Crippen LogP contribution in [0.2, 0.25) is 0 Å². The largest absolute Gasteiger partial charge is 0.493 e. The Morgan fingerprint density at radius 2 is 1.96 bits per heavy atom. The summed E-state index contributed by atoms with van der Waals surface area (Å²) in [7, 11) is 0. The molecule has 0 saturated carbocycles. The molecule has 4 nitrogen and oxygen atoms in total. The molecule has 0 aliphatic carbocycles. The Labute approximate surface area is 146 Å². The van der Waals surface area contributed by atoms with E-state index in [0.29, 0.717) is 6.61 Å². The average molecular weight is 334 g/mol. The lowest BCUT2D eigenvalue weighted by atomic mass is 9.97. The molecule has 0 unspecified atom stereocenters. The van der Waals surface area contributed by atoms with Crippen molar-refractivity contribution in [1.82, 2.24) is 0 Å². The highest BCUT2D eigenvalue weighted by Crippen LogP contribution is 2.20. The number of likely N-dealkylation sites (tertiary alicyclic amines) is 1. The second kappa shape index (κ2) is 9.67. The maximum Gasteiger partial charge on any atom is 0.309 e. The number of carbonyl (C=O) groups excluding carboxylic acids is 1. The summed E-state index contributed by atoms with van der Waals surface area (Å²) in [5.41, 5.74) is 2.52. The first kappa shape index (κ1) is 18.8. The van der Waals surface area contributed by atoms with Crippen molar-refractivity contribution < 1.29 is 19.2 Å². The van der Waals surface area contributed by atoms with E-state index in [1.807, 2.05) is 13.0 Å². The van der Waals surface area contributed by atoms with E-state index in [-0.39, 0.29) is 11.9 Å². The zero-order chi connectivity index (χ0) is 17.4. The Morgan fingerprint density at radius 1 is 1.21 bits per heavy atom. The predicted octanol–water partition coefficient (Wildman–Crippen LogP) is 2.32. The van der Waals surface area contributed by atoms with Gasteiger partial charge < -0.3 is 14.4 Å². The molecule has 1 aromatic carbocycles. The van der Waals surface area contributed by atoms with Crippen LogP contribution in [0.1, 0.15) is 43.7 Å². The van der Waals surface area contributed by atoms with Gasteiger partial charge in [-0.2, -0.15) is 0 Å². The first-order valence-electron chi connectivity index (χ1n) is 9.31. The number of ether oxygens (including phenoxy) is 2. The molecule has 1 heterocycles. The summed E-state index contributed by atoms with van der Waals surface area (Å²) < 4.78 is 11.0. The van der Waals surface area contributed by atoms with Crippen molar-refractivity contribution in [1.29, 1.82) is 0 Å². The number of quaternary nitrogens is 1. The smallest absolute Gasteiger partial charge is 0.309 e. The quantitative estimate of drug-likeness (QED) is 0.586. The number of hydrogen-bond acceptors (Lipinski definition) is 3. The van der Waals surface area contributed by atoms with Crippen molar-refractivity contribution in [2.45, 2.75) is 46.5 Å². The summed E-state index contributed by atoms with van der Waals surface area (Å²) in [4.78, 5) is 13.4. The standard InChI is InChI=1S/C20H31NO3/c1-4-23-20(22)18-10-13-21(14-11-18)12-5-6-15-24-19-9-7-8-16(2)17(19)3/h7-9,18H,4-6,10-15H2,1-3H3/p+1. The van der Waals surface area contributed by atoms with Gasteiger partial charge in [0, 0.05) is 12.8 Å². The fraction of sp³-hybridized carbons (Fsp3) is 0.650. The third kappa shape index (κ3) is 5.52. The van der Waals surface area contributed by atoms with Gasteiger partial charge in [0.1, 0.15) is 5.75 Å². The van der Waals surface area contributed by atoms with Crippen molar-refractivity contribution in [3.63, 3.8) is 0 Å². The summed E-state index contributed by atoms with van der Waals surface area (Å²) in [6.07, 6.45) is 4.18. The molecule has 0 amide bonds. The molecule has 1 aliphatic rings. The lowest BCUT2D eigenvalue weighted by Gasteiger charge is -2.28. The summed E-state index contributed by atoms with van der Waals surface area (Å²) in [6.45, 7) is 10.7. The highest BCUT2D eigenvalue weighted by atomic mass is 16.5. The van der Waals surface area contributed by atoms with E-state index in [9.17, 15) is 4.79 Å². The van der Waals surface area contributed by atoms with Crippen LogP contribution in [0.3, 0.4) is 0 Å². The fourth-order valence-electron chi connectivity index (χ4n) is 3.31. The van der Waals surface area contributed by atoms with Gasteiger partial charge >= 0.3 is 5.97 Å².